The zero-order chi connectivity index (χ0) is 19.1. The minimum atomic E-state index is -0.782. The molecule has 5 heteroatoms. The number of carboxylic acids is 1. The standard InChI is InChI=1S/C22H28N2O3/c1-27-21-8-6-20(7-9-21)17-24-14-12-23(13-15-24)11-10-18-2-4-19(5-3-18)16-22(25)26/h2-9H,10-17H2,1H3,(H,25,26). The fourth-order valence-electron chi connectivity index (χ4n) is 3.45. The average molecular weight is 368 g/mol. The van der Waals surface area contributed by atoms with Crippen molar-refractivity contribution in [3.05, 3.63) is 65.2 Å². The van der Waals surface area contributed by atoms with E-state index in [1.807, 2.05) is 24.3 Å². The van der Waals surface area contributed by atoms with Gasteiger partial charge in [-0.25, -0.2) is 0 Å². The number of carboxylic acid groups (broad SMARTS) is 1. The maximum absolute atomic E-state index is 10.7. The highest BCUT2D eigenvalue weighted by Crippen LogP contribution is 2.14. The summed E-state index contributed by atoms with van der Waals surface area (Å²) < 4.78 is 5.21. The highest BCUT2D eigenvalue weighted by atomic mass is 16.5. The molecule has 2 aromatic carbocycles. The summed E-state index contributed by atoms with van der Waals surface area (Å²) in [7, 11) is 1.69. The molecular formula is C22H28N2O3. The van der Waals surface area contributed by atoms with Gasteiger partial charge >= 0.3 is 5.97 Å². The number of methoxy groups -OCH3 is 1. The number of nitrogens with zero attached hydrogens (tertiary/aromatic N) is 2. The van der Waals surface area contributed by atoms with Crippen LogP contribution in [0.5, 0.6) is 5.75 Å². The Morgan fingerprint density at radius 3 is 2.04 bits per heavy atom. The van der Waals surface area contributed by atoms with Crippen molar-refractivity contribution in [1.29, 1.82) is 0 Å². The molecule has 1 aliphatic rings. The SMILES string of the molecule is COc1ccc(CN2CCN(CCc3ccc(CC(=O)O)cc3)CC2)cc1. The average Bonchev–Trinajstić information content (AvgIpc) is 2.69. The third-order valence-corrected chi connectivity index (χ3v) is 5.13. The molecule has 5 nitrogen and oxygen atoms in total. The van der Waals surface area contributed by atoms with Crippen molar-refractivity contribution in [2.45, 2.75) is 19.4 Å². The van der Waals surface area contributed by atoms with Gasteiger partial charge in [0.25, 0.3) is 0 Å². The van der Waals surface area contributed by atoms with E-state index in [0.717, 1.165) is 57.0 Å². The lowest BCUT2D eigenvalue weighted by molar-refractivity contribution is -0.136. The van der Waals surface area contributed by atoms with Gasteiger partial charge in [-0.3, -0.25) is 9.69 Å². The zero-order valence-electron chi connectivity index (χ0n) is 15.9. The van der Waals surface area contributed by atoms with Gasteiger partial charge < -0.3 is 14.7 Å². The number of aliphatic carboxylic acids is 1. The molecule has 0 radical (unpaired) electrons. The van der Waals surface area contributed by atoms with E-state index in [2.05, 4.69) is 34.1 Å². The normalized spacial score (nSPS) is 15.6. The van der Waals surface area contributed by atoms with Crippen molar-refractivity contribution in [3.63, 3.8) is 0 Å². The molecule has 0 aliphatic carbocycles. The summed E-state index contributed by atoms with van der Waals surface area (Å²) in [6.07, 6.45) is 1.10. The molecule has 2 aromatic rings. The van der Waals surface area contributed by atoms with Crippen LogP contribution in [0.15, 0.2) is 48.5 Å². The third-order valence-electron chi connectivity index (χ3n) is 5.13. The highest BCUT2D eigenvalue weighted by Gasteiger charge is 2.16. The molecule has 1 fully saturated rings. The lowest BCUT2D eigenvalue weighted by atomic mass is 10.1. The molecule has 1 heterocycles. The molecule has 27 heavy (non-hydrogen) atoms. The Hall–Kier alpha value is -2.37. The van der Waals surface area contributed by atoms with Gasteiger partial charge in [0.05, 0.1) is 13.5 Å². The lowest BCUT2D eigenvalue weighted by Gasteiger charge is -2.34. The second kappa shape index (κ2) is 9.53. The Morgan fingerprint density at radius 2 is 1.44 bits per heavy atom. The summed E-state index contributed by atoms with van der Waals surface area (Å²) in [6.45, 7) is 6.39. The van der Waals surface area contributed by atoms with E-state index >= 15 is 0 Å². The number of rotatable bonds is 8. The minimum absolute atomic E-state index is 0.0937. The van der Waals surface area contributed by atoms with Crippen LogP contribution in [0, 0.1) is 0 Å². The summed E-state index contributed by atoms with van der Waals surface area (Å²) in [6, 6.07) is 16.3. The predicted molar refractivity (Wildman–Crippen MR) is 106 cm³/mol. The van der Waals surface area contributed by atoms with Gasteiger partial charge in [-0.15, -0.1) is 0 Å². The second-order valence-electron chi connectivity index (χ2n) is 7.10. The molecule has 144 valence electrons. The Morgan fingerprint density at radius 1 is 0.889 bits per heavy atom. The molecule has 0 atom stereocenters. The van der Waals surface area contributed by atoms with Crippen molar-refractivity contribution in [3.8, 4) is 5.75 Å². The van der Waals surface area contributed by atoms with Crippen LogP contribution in [0.25, 0.3) is 0 Å². The number of piperazine rings is 1. The van der Waals surface area contributed by atoms with E-state index in [0.29, 0.717) is 0 Å². The number of benzene rings is 2. The van der Waals surface area contributed by atoms with Crippen LogP contribution >= 0.6 is 0 Å². The first-order valence-electron chi connectivity index (χ1n) is 9.49. The van der Waals surface area contributed by atoms with E-state index < -0.39 is 5.97 Å². The molecular weight excluding hydrogens is 340 g/mol. The Kier molecular flexibility index (Phi) is 6.85. The van der Waals surface area contributed by atoms with E-state index in [9.17, 15) is 4.79 Å². The summed E-state index contributed by atoms with van der Waals surface area (Å²) >= 11 is 0. The fourth-order valence-corrected chi connectivity index (χ4v) is 3.45. The Bertz CT molecular complexity index is 720. The maximum atomic E-state index is 10.7. The molecule has 0 bridgehead atoms. The van der Waals surface area contributed by atoms with Gasteiger partial charge in [0.1, 0.15) is 5.75 Å². The van der Waals surface area contributed by atoms with Crippen LogP contribution in [0.4, 0.5) is 0 Å². The smallest absolute Gasteiger partial charge is 0.307 e. The molecule has 0 amide bonds. The highest BCUT2D eigenvalue weighted by molar-refractivity contribution is 5.70. The summed E-state index contributed by atoms with van der Waals surface area (Å²) in [5.41, 5.74) is 3.45. The van der Waals surface area contributed by atoms with Crippen LogP contribution in [0.2, 0.25) is 0 Å². The number of ether oxygens (including phenoxy) is 1. The van der Waals surface area contributed by atoms with Gasteiger partial charge in [-0.05, 0) is 35.2 Å². The van der Waals surface area contributed by atoms with E-state index in [4.69, 9.17) is 9.84 Å². The molecule has 0 saturated carbocycles. The van der Waals surface area contributed by atoms with Crippen LogP contribution in [-0.4, -0.2) is 60.7 Å². The van der Waals surface area contributed by atoms with Crippen molar-refractivity contribution in [2.24, 2.45) is 0 Å². The molecule has 3 rings (SSSR count). The van der Waals surface area contributed by atoms with Gasteiger partial charge in [0.15, 0.2) is 0 Å². The number of hydrogen-bond acceptors (Lipinski definition) is 4. The number of hydrogen-bond donors (Lipinski definition) is 1. The quantitative estimate of drug-likeness (QED) is 0.776. The van der Waals surface area contributed by atoms with Crippen molar-refractivity contribution in [1.82, 2.24) is 9.80 Å². The van der Waals surface area contributed by atoms with Crippen molar-refractivity contribution in [2.75, 3.05) is 39.8 Å². The third kappa shape index (κ3) is 6.08. The molecule has 0 spiro atoms. The topological polar surface area (TPSA) is 53.0 Å². The first kappa shape index (κ1) is 19.4. The number of carbonyl (C=O) groups is 1. The molecule has 0 aromatic heterocycles. The monoisotopic (exact) mass is 368 g/mol. The summed E-state index contributed by atoms with van der Waals surface area (Å²) in [4.78, 5) is 15.7. The minimum Gasteiger partial charge on any atom is -0.497 e. The molecule has 1 N–H and O–H groups in total. The largest absolute Gasteiger partial charge is 0.497 e. The van der Waals surface area contributed by atoms with Crippen molar-refractivity contribution < 1.29 is 14.6 Å². The summed E-state index contributed by atoms with van der Waals surface area (Å²) in [5.74, 6) is 0.120. The maximum Gasteiger partial charge on any atom is 0.307 e. The first-order chi connectivity index (χ1) is 13.1. The predicted octanol–water partition coefficient (Wildman–Crippen LogP) is 2.68. The van der Waals surface area contributed by atoms with Crippen molar-refractivity contribution >= 4 is 5.97 Å². The first-order valence-corrected chi connectivity index (χ1v) is 9.49. The zero-order valence-corrected chi connectivity index (χ0v) is 15.9. The van der Waals surface area contributed by atoms with Gasteiger partial charge in [0.2, 0.25) is 0 Å². The van der Waals surface area contributed by atoms with Crippen LogP contribution in [0.3, 0.4) is 0 Å². The van der Waals surface area contributed by atoms with E-state index in [1.54, 1.807) is 7.11 Å². The van der Waals surface area contributed by atoms with Crippen LogP contribution in [0.1, 0.15) is 16.7 Å². The summed E-state index contributed by atoms with van der Waals surface area (Å²) in [5, 5.41) is 8.83. The van der Waals surface area contributed by atoms with Gasteiger partial charge in [0, 0.05) is 39.3 Å². The van der Waals surface area contributed by atoms with Crippen LogP contribution < -0.4 is 4.74 Å². The van der Waals surface area contributed by atoms with E-state index in [1.165, 1.54) is 11.1 Å². The fraction of sp³-hybridized carbons (Fsp3) is 0.409. The van der Waals surface area contributed by atoms with Gasteiger partial charge in [-0.2, -0.15) is 0 Å². The lowest BCUT2D eigenvalue weighted by Crippen LogP contribution is -2.46. The molecule has 1 saturated heterocycles. The molecule has 1 aliphatic heterocycles. The van der Waals surface area contributed by atoms with Crippen LogP contribution in [-0.2, 0) is 24.2 Å². The Balaban J connectivity index is 1.39. The van der Waals surface area contributed by atoms with E-state index in [-0.39, 0.29) is 6.42 Å². The Labute approximate surface area is 161 Å². The van der Waals surface area contributed by atoms with Gasteiger partial charge in [-0.1, -0.05) is 36.4 Å². The second-order valence-corrected chi connectivity index (χ2v) is 7.10. The molecule has 0 unspecified atom stereocenters.